The van der Waals surface area contributed by atoms with Crippen LogP contribution in [-0.4, -0.2) is 0 Å². The zero-order valence-electron chi connectivity index (χ0n) is 15.7. The SMILES string of the molecule is C=C/C(=C\C)C1CC(C)(C2=CC=CC(C)C=C2)CCC1C(C)C. The highest BCUT2D eigenvalue weighted by Crippen LogP contribution is 2.51. The van der Waals surface area contributed by atoms with Crippen molar-refractivity contribution in [2.75, 3.05) is 0 Å². The van der Waals surface area contributed by atoms with Gasteiger partial charge in [0.15, 0.2) is 0 Å². The second kappa shape index (κ2) is 7.51. The van der Waals surface area contributed by atoms with E-state index < -0.39 is 0 Å². The van der Waals surface area contributed by atoms with Crippen LogP contribution >= 0.6 is 0 Å². The van der Waals surface area contributed by atoms with Gasteiger partial charge >= 0.3 is 0 Å². The highest BCUT2D eigenvalue weighted by atomic mass is 14.4. The Morgan fingerprint density at radius 2 is 2.09 bits per heavy atom. The zero-order valence-corrected chi connectivity index (χ0v) is 15.7. The van der Waals surface area contributed by atoms with Crippen LogP contribution in [-0.2, 0) is 0 Å². The van der Waals surface area contributed by atoms with Gasteiger partial charge in [-0.05, 0) is 66.4 Å². The summed E-state index contributed by atoms with van der Waals surface area (Å²) in [7, 11) is 0. The van der Waals surface area contributed by atoms with Gasteiger partial charge in [-0.15, -0.1) is 0 Å². The van der Waals surface area contributed by atoms with E-state index in [1.807, 2.05) is 0 Å². The van der Waals surface area contributed by atoms with E-state index in [2.05, 4.69) is 83.7 Å². The van der Waals surface area contributed by atoms with E-state index >= 15 is 0 Å². The van der Waals surface area contributed by atoms with Crippen LogP contribution < -0.4 is 0 Å². The molecule has 0 heteroatoms. The first-order valence-electron chi connectivity index (χ1n) is 9.27. The predicted octanol–water partition coefficient (Wildman–Crippen LogP) is 6.89. The average Bonchev–Trinajstić information content (AvgIpc) is 2.73. The number of allylic oxidation sites excluding steroid dienone is 9. The molecule has 2 rings (SSSR count). The van der Waals surface area contributed by atoms with Crippen molar-refractivity contribution in [2.24, 2.45) is 29.1 Å². The maximum Gasteiger partial charge on any atom is -0.00693 e. The Morgan fingerprint density at radius 1 is 1.35 bits per heavy atom. The Hall–Kier alpha value is -1.30. The summed E-state index contributed by atoms with van der Waals surface area (Å²) < 4.78 is 0. The van der Waals surface area contributed by atoms with Gasteiger partial charge < -0.3 is 0 Å². The molecule has 2 aliphatic rings. The van der Waals surface area contributed by atoms with Crippen LogP contribution in [0, 0.1) is 29.1 Å². The molecule has 0 aromatic rings. The van der Waals surface area contributed by atoms with Crippen molar-refractivity contribution in [2.45, 2.75) is 53.9 Å². The number of hydrogen-bond acceptors (Lipinski definition) is 0. The molecule has 0 bridgehead atoms. The van der Waals surface area contributed by atoms with Crippen LogP contribution in [0.1, 0.15) is 53.9 Å². The highest BCUT2D eigenvalue weighted by Gasteiger charge is 2.41. The van der Waals surface area contributed by atoms with Crippen LogP contribution in [0.5, 0.6) is 0 Å². The van der Waals surface area contributed by atoms with Gasteiger partial charge in [-0.1, -0.05) is 76.8 Å². The molecule has 0 heterocycles. The first kappa shape index (κ1) is 18.0. The molecule has 0 saturated heterocycles. The van der Waals surface area contributed by atoms with E-state index in [-0.39, 0.29) is 5.41 Å². The van der Waals surface area contributed by atoms with Gasteiger partial charge in [0.2, 0.25) is 0 Å². The third-order valence-electron chi connectivity index (χ3n) is 6.04. The summed E-state index contributed by atoms with van der Waals surface area (Å²) in [5.74, 6) is 2.68. The standard InChI is InChI=1S/C23H34/c1-7-19(8-2)22-16-23(6,15-14-21(22)17(3)4)20-11-9-10-18(5)12-13-20/h7-13,17-18,21-22H,1,14-16H2,2-6H3/b19-8+. The van der Waals surface area contributed by atoms with Gasteiger partial charge in [0.25, 0.3) is 0 Å². The van der Waals surface area contributed by atoms with Crippen molar-refractivity contribution in [1.82, 2.24) is 0 Å². The van der Waals surface area contributed by atoms with Gasteiger partial charge in [-0.2, -0.15) is 0 Å². The second-order valence-electron chi connectivity index (χ2n) is 8.04. The largest absolute Gasteiger partial charge is 0.0988 e. The molecule has 0 radical (unpaired) electrons. The second-order valence-corrected chi connectivity index (χ2v) is 8.04. The minimum atomic E-state index is 0.276. The lowest BCUT2D eigenvalue weighted by Gasteiger charge is -2.46. The third-order valence-corrected chi connectivity index (χ3v) is 6.04. The molecule has 2 aliphatic carbocycles. The monoisotopic (exact) mass is 310 g/mol. The molecule has 126 valence electrons. The van der Waals surface area contributed by atoms with E-state index in [1.54, 1.807) is 0 Å². The van der Waals surface area contributed by atoms with E-state index in [4.69, 9.17) is 0 Å². The lowest BCUT2D eigenvalue weighted by atomic mass is 9.59. The number of hydrogen-bond donors (Lipinski definition) is 0. The first-order chi connectivity index (χ1) is 10.9. The quantitative estimate of drug-likeness (QED) is 0.496. The molecule has 1 fully saturated rings. The molecule has 0 N–H and O–H groups in total. The summed E-state index contributed by atoms with van der Waals surface area (Å²) >= 11 is 0. The lowest BCUT2D eigenvalue weighted by Crippen LogP contribution is -2.35. The number of rotatable bonds is 4. The fourth-order valence-corrected chi connectivity index (χ4v) is 4.45. The highest BCUT2D eigenvalue weighted by molar-refractivity contribution is 5.35. The van der Waals surface area contributed by atoms with E-state index in [1.165, 1.54) is 30.4 Å². The summed E-state index contributed by atoms with van der Waals surface area (Å²) in [6.45, 7) is 15.7. The maximum atomic E-state index is 4.08. The lowest BCUT2D eigenvalue weighted by molar-refractivity contribution is 0.125. The van der Waals surface area contributed by atoms with Gasteiger partial charge in [0, 0.05) is 0 Å². The van der Waals surface area contributed by atoms with Crippen molar-refractivity contribution < 1.29 is 0 Å². The van der Waals surface area contributed by atoms with Crippen LogP contribution in [0.4, 0.5) is 0 Å². The summed E-state index contributed by atoms with van der Waals surface area (Å²) in [6.07, 6.45) is 19.8. The minimum Gasteiger partial charge on any atom is -0.0988 e. The predicted molar refractivity (Wildman–Crippen MR) is 103 cm³/mol. The minimum absolute atomic E-state index is 0.276. The van der Waals surface area contributed by atoms with Crippen molar-refractivity contribution >= 4 is 0 Å². The van der Waals surface area contributed by atoms with E-state index in [0.29, 0.717) is 11.8 Å². The molecule has 23 heavy (non-hydrogen) atoms. The molecule has 0 aromatic heterocycles. The van der Waals surface area contributed by atoms with Crippen LogP contribution in [0.3, 0.4) is 0 Å². The topological polar surface area (TPSA) is 0 Å². The fraction of sp³-hybridized carbons (Fsp3) is 0.565. The molecular formula is C23H34. The van der Waals surface area contributed by atoms with E-state index in [0.717, 1.165) is 11.8 Å². The molecular weight excluding hydrogens is 276 g/mol. The Bertz CT molecular complexity index is 540. The van der Waals surface area contributed by atoms with Crippen LogP contribution in [0.15, 0.2) is 60.3 Å². The van der Waals surface area contributed by atoms with Crippen molar-refractivity contribution in [1.29, 1.82) is 0 Å². The molecule has 4 unspecified atom stereocenters. The first-order valence-corrected chi connectivity index (χ1v) is 9.27. The normalized spacial score (nSPS) is 35.1. The molecule has 0 aliphatic heterocycles. The van der Waals surface area contributed by atoms with Crippen molar-refractivity contribution in [3.8, 4) is 0 Å². The summed E-state index contributed by atoms with van der Waals surface area (Å²) in [5.41, 5.74) is 3.22. The zero-order chi connectivity index (χ0) is 17.0. The van der Waals surface area contributed by atoms with Crippen molar-refractivity contribution in [3.05, 3.63) is 60.3 Å². The van der Waals surface area contributed by atoms with Gasteiger partial charge in [0.1, 0.15) is 0 Å². The van der Waals surface area contributed by atoms with Gasteiger partial charge in [-0.25, -0.2) is 0 Å². The Labute approximate surface area is 143 Å². The van der Waals surface area contributed by atoms with Gasteiger partial charge in [-0.3, -0.25) is 0 Å². The molecule has 0 nitrogen and oxygen atoms in total. The summed E-state index contributed by atoms with van der Waals surface area (Å²) in [6, 6.07) is 0. The Morgan fingerprint density at radius 3 is 2.70 bits per heavy atom. The molecule has 0 amide bonds. The fourth-order valence-electron chi connectivity index (χ4n) is 4.45. The Balaban J connectivity index is 2.32. The Kier molecular flexibility index (Phi) is 5.89. The molecule has 0 aromatic carbocycles. The van der Waals surface area contributed by atoms with E-state index in [9.17, 15) is 0 Å². The summed E-state index contributed by atoms with van der Waals surface area (Å²) in [5, 5.41) is 0. The third kappa shape index (κ3) is 3.97. The van der Waals surface area contributed by atoms with Crippen molar-refractivity contribution in [3.63, 3.8) is 0 Å². The molecule has 4 atom stereocenters. The smallest absolute Gasteiger partial charge is 0.00693 e. The molecule has 0 spiro atoms. The van der Waals surface area contributed by atoms with Gasteiger partial charge in [0.05, 0.1) is 0 Å². The molecule has 1 saturated carbocycles. The maximum absolute atomic E-state index is 4.08. The van der Waals surface area contributed by atoms with Crippen LogP contribution in [0.25, 0.3) is 0 Å². The summed E-state index contributed by atoms with van der Waals surface area (Å²) in [4.78, 5) is 0. The van der Waals surface area contributed by atoms with Crippen LogP contribution in [0.2, 0.25) is 0 Å². The average molecular weight is 311 g/mol.